The van der Waals surface area contributed by atoms with E-state index in [1.807, 2.05) is 31.2 Å². The van der Waals surface area contributed by atoms with E-state index in [1.54, 1.807) is 42.5 Å². The normalized spacial score (nSPS) is 13.6. The van der Waals surface area contributed by atoms with E-state index in [2.05, 4.69) is 0 Å². The summed E-state index contributed by atoms with van der Waals surface area (Å²) in [5.74, 6) is 0.679. The van der Waals surface area contributed by atoms with Crippen LogP contribution < -0.4 is 9.47 Å². The molecule has 156 valence electrons. The molecule has 0 aliphatic carbocycles. The second-order valence-electron chi connectivity index (χ2n) is 7.09. The van der Waals surface area contributed by atoms with Crippen molar-refractivity contribution in [1.29, 1.82) is 0 Å². The maximum atomic E-state index is 12.8. The topological polar surface area (TPSA) is 61.8 Å². The van der Waals surface area contributed by atoms with Gasteiger partial charge in [0.05, 0.1) is 18.2 Å². The zero-order chi connectivity index (χ0) is 22.0. The minimum atomic E-state index is -0.416. The molecule has 5 nitrogen and oxygen atoms in total. The van der Waals surface area contributed by atoms with Gasteiger partial charge in [-0.15, -0.1) is 0 Å². The van der Waals surface area contributed by atoms with E-state index >= 15 is 0 Å². The average Bonchev–Trinajstić information content (AvgIpc) is 3.08. The van der Waals surface area contributed by atoms with Crippen molar-refractivity contribution in [2.24, 2.45) is 0 Å². The molecule has 0 unspecified atom stereocenters. The molecule has 1 aliphatic heterocycles. The third kappa shape index (κ3) is 4.47. The second-order valence-corrected chi connectivity index (χ2v) is 7.52. The molecular formula is C25H19ClO5. The number of Topliss-reactive ketones (excluding diaryl/α,β-unsaturated/α-hetero) is 1. The van der Waals surface area contributed by atoms with Crippen LogP contribution >= 0.6 is 11.6 Å². The molecule has 0 amide bonds. The number of carbonyl (C=O) groups is 2. The number of hydrogen-bond acceptors (Lipinski definition) is 5. The predicted octanol–water partition coefficient (Wildman–Crippen LogP) is 5.63. The lowest BCUT2D eigenvalue weighted by Crippen LogP contribution is -2.01. The maximum absolute atomic E-state index is 12.8. The number of halogens is 1. The predicted molar refractivity (Wildman–Crippen MR) is 118 cm³/mol. The number of carbonyl (C=O) groups excluding carboxylic acids is 2. The summed E-state index contributed by atoms with van der Waals surface area (Å²) in [5.41, 5.74) is 3.40. The fourth-order valence-electron chi connectivity index (χ4n) is 3.34. The van der Waals surface area contributed by atoms with Crippen molar-refractivity contribution >= 4 is 29.4 Å². The number of methoxy groups -OCH3 is 1. The van der Waals surface area contributed by atoms with Crippen LogP contribution in [0.3, 0.4) is 0 Å². The molecule has 0 saturated carbocycles. The summed E-state index contributed by atoms with van der Waals surface area (Å²) >= 11 is 6.02. The molecule has 0 spiro atoms. The molecule has 0 aromatic heterocycles. The highest BCUT2D eigenvalue weighted by Gasteiger charge is 2.30. The molecule has 0 bridgehead atoms. The van der Waals surface area contributed by atoms with Crippen molar-refractivity contribution in [3.63, 3.8) is 0 Å². The number of hydrogen-bond donors (Lipinski definition) is 0. The zero-order valence-corrected chi connectivity index (χ0v) is 17.7. The van der Waals surface area contributed by atoms with Crippen molar-refractivity contribution < 1.29 is 23.8 Å². The third-order valence-corrected chi connectivity index (χ3v) is 5.10. The molecule has 4 rings (SSSR count). The number of esters is 1. The van der Waals surface area contributed by atoms with Gasteiger partial charge < -0.3 is 14.2 Å². The molecule has 1 heterocycles. The van der Waals surface area contributed by atoms with Crippen molar-refractivity contribution in [2.45, 2.75) is 13.5 Å². The van der Waals surface area contributed by atoms with Gasteiger partial charge in [0.2, 0.25) is 5.78 Å². The van der Waals surface area contributed by atoms with Crippen LogP contribution in [0, 0.1) is 6.92 Å². The Morgan fingerprint density at radius 2 is 1.87 bits per heavy atom. The van der Waals surface area contributed by atoms with E-state index in [0.717, 1.165) is 16.7 Å². The first kappa shape index (κ1) is 20.7. The van der Waals surface area contributed by atoms with Gasteiger partial charge in [0.15, 0.2) is 5.76 Å². The number of fused-ring (bicyclic) bond motifs is 1. The smallest absolute Gasteiger partial charge is 0.337 e. The van der Waals surface area contributed by atoms with Crippen LogP contribution in [0.2, 0.25) is 5.02 Å². The molecule has 0 N–H and O–H groups in total. The van der Waals surface area contributed by atoms with Gasteiger partial charge in [-0.2, -0.15) is 0 Å². The van der Waals surface area contributed by atoms with Gasteiger partial charge in [0, 0.05) is 11.1 Å². The monoisotopic (exact) mass is 434 g/mol. The Morgan fingerprint density at radius 3 is 2.58 bits per heavy atom. The quantitative estimate of drug-likeness (QED) is 0.384. The van der Waals surface area contributed by atoms with Gasteiger partial charge >= 0.3 is 5.97 Å². The Labute approximate surface area is 184 Å². The third-order valence-electron chi connectivity index (χ3n) is 4.87. The zero-order valence-electron chi connectivity index (χ0n) is 17.0. The van der Waals surface area contributed by atoms with Gasteiger partial charge in [-0.25, -0.2) is 4.79 Å². The number of allylic oxidation sites excluding steroid dienone is 1. The van der Waals surface area contributed by atoms with E-state index in [1.165, 1.54) is 7.11 Å². The van der Waals surface area contributed by atoms with Crippen molar-refractivity contribution in [2.75, 3.05) is 7.11 Å². The SMILES string of the molecule is COC(=O)c1ccc(/C=C2\Oc3cc(OCc4cccc(Cl)c4)cc(C)c3C2=O)cc1. The Hall–Kier alpha value is -3.57. The fourth-order valence-corrected chi connectivity index (χ4v) is 3.55. The van der Waals surface area contributed by atoms with Gasteiger partial charge in [0.1, 0.15) is 18.1 Å². The van der Waals surface area contributed by atoms with Gasteiger partial charge in [-0.1, -0.05) is 35.9 Å². The molecule has 0 saturated heterocycles. The lowest BCUT2D eigenvalue weighted by Gasteiger charge is -2.09. The van der Waals surface area contributed by atoms with Crippen molar-refractivity contribution in [3.05, 3.63) is 99.3 Å². The van der Waals surface area contributed by atoms with Gasteiger partial charge in [0.25, 0.3) is 0 Å². The first-order valence-corrected chi connectivity index (χ1v) is 9.97. The van der Waals surface area contributed by atoms with Crippen LogP contribution in [0.1, 0.15) is 37.4 Å². The van der Waals surface area contributed by atoms with Crippen LogP contribution in [-0.2, 0) is 11.3 Å². The highest BCUT2D eigenvalue weighted by Crippen LogP contribution is 2.37. The van der Waals surface area contributed by atoms with Crippen LogP contribution in [-0.4, -0.2) is 18.9 Å². The molecule has 0 atom stereocenters. The number of ketones is 1. The molecule has 3 aromatic rings. The van der Waals surface area contributed by atoms with Crippen LogP contribution in [0.4, 0.5) is 0 Å². The number of aryl methyl sites for hydroxylation is 1. The summed E-state index contributed by atoms with van der Waals surface area (Å²) in [6.45, 7) is 2.20. The lowest BCUT2D eigenvalue weighted by atomic mass is 10.0. The molecule has 1 aliphatic rings. The molecular weight excluding hydrogens is 416 g/mol. The van der Waals surface area contributed by atoms with E-state index < -0.39 is 5.97 Å². The number of ether oxygens (including phenoxy) is 3. The Balaban J connectivity index is 1.53. The first-order valence-electron chi connectivity index (χ1n) is 9.59. The average molecular weight is 435 g/mol. The van der Waals surface area contributed by atoms with Gasteiger partial charge in [-0.3, -0.25) is 4.79 Å². The van der Waals surface area contributed by atoms with Crippen molar-refractivity contribution in [1.82, 2.24) is 0 Å². The second kappa shape index (κ2) is 8.66. The standard InChI is InChI=1S/C25H19ClO5/c1-15-10-20(30-14-17-4-3-5-19(26)11-17)13-21-23(15)24(27)22(31-21)12-16-6-8-18(9-7-16)25(28)29-2/h3-13H,14H2,1-2H3/b22-12-. The Kier molecular flexibility index (Phi) is 5.78. The summed E-state index contributed by atoms with van der Waals surface area (Å²) in [7, 11) is 1.33. The number of benzene rings is 3. The summed E-state index contributed by atoms with van der Waals surface area (Å²) in [5, 5.41) is 0.648. The molecule has 0 radical (unpaired) electrons. The molecule has 3 aromatic carbocycles. The highest BCUT2D eigenvalue weighted by molar-refractivity contribution is 6.30. The van der Waals surface area contributed by atoms with Crippen LogP contribution in [0.15, 0.2) is 66.4 Å². The first-order chi connectivity index (χ1) is 14.9. The molecule has 0 fully saturated rings. The largest absolute Gasteiger partial charge is 0.489 e. The van der Waals surface area contributed by atoms with Crippen molar-refractivity contribution in [3.8, 4) is 11.5 Å². The molecule has 6 heteroatoms. The van der Waals surface area contributed by atoms with E-state index in [4.69, 9.17) is 25.8 Å². The Morgan fingerprint density at radius 1 is 1.10 bits per heavy atom. The summed E-state index contributed by atoms with van der Waals surface area (Å²) in [6, 6.07) is 17.7. The Bertz CT molecular complexity index is 1200. The summed E-state index contributed by atoms with van der Waals surface area (Å²) < 4.78 is 16.4. The maximum Gasteiger partial charge on any atom is 0.337 e. The fraction of sp³-hybridized carbons (Fsp3) is 0.120. The summed E-state index contributed by atoms with van der Waals surface area (Å²) in [6.07, 6.45) is 1.65. The lowest BCUT2D eigenvalue weighted by molar-refractivity contribution is 0.0600. The minimum absolute atomic E-state index is 0.189. The van der Waals surface area contributed by atoms with Gasteiger partial charge in [-0.05, 0) is 60.0 Å². The van der Waals surface area contributed by atoms with E-state index in [9.17, 15) is 9.59 Å². The molecule has 31 heavy (non-hydrogen) atoms. The van der Waals surface area contributed by atoms with Crippen LogP contribution in [0.25, 0.3) is 6.08 Å². The van der Waals surface area contributed by atoms with Crippen LogP contribution in [0.5, 0.6) is 11.5 Å². The minimum Gasteiger partial charge on any atom is -0.489 e. The summed E-state index contributed by atoms with van der Waals surface area (Å²) in [4.78, 5) is 24.4. The van der Waals surface area contributed by atoms with E-state index in [-0.39, 0.29) is 11.5 Å². The number of rotatable bonds is 5. The highest BCUT2D eigenvalue weighted by atomic mass is 35.5. The van der Waals surface area contributed by atoms with E-state index in [0.29, 0.717) is 34.3 Å².